The minimum absolute atomic E-state index is 0.103. The van der Waals surface area contributed by atoms with E-state index in [0.717, 1.165) is 5.56 Å². The molecule has 1 atom stereocenters. The van der Waals surface area contributed by atoms with E-state index in [1.54, 1.807) is 0 Å². The summed E-state index contributed by atoms with van der Waals surface area (Å²) >= 11 is 0. The van der Waals surface area contributed by atoms with E-state index in [1.807, 2.05) is 35.2 Å². The van der Waals surface area contributed by atoms with Crippen LogP contribution in [0.15, 0.2) is 49.1 Å². The standard InChI is InChI=1S/C35H42N8O9/c1-3-14-49-16-18-51-20-21-52-19-17-50-15-9-36-33(45)31-39-24-43(40-31)32-29-28(27(48-2)23-38-32)26(22-37-29)30(44)35(47)42-12-10-41(11-13-42)34(46)25-7-5-4-6-8-25/h1,4-8,22-24,34,37,46H,9-21H2,2H3,(H,36,45). The van der Waals surface area contributed by atoms with Gasteiger partial charge in [-0.25, -0.2) is 9.97 Å². The Balaban J connectivity index is 1.11. The molecule has 0 aliphatic carbocycles. The molecule has 4 aromatic rings. The highest BCUT2D eigenvalue weighted by molar-refractivity contribution is 6.45. The fourth-order valence-electron chi connectivity index (χ4n) is 5.45. The summed E-state index contributed by atoms with van der Waals surface area (Å²) in [6, 6.07) is 9.27. The second kappa shape index (κ2) is 19.4. The number of amides is 2. The van der Waals surface area contributed by atoms with Crippen molar-refractivity contribution in [2.75, 3.05) is 92.7 Å². The number of terminal acetylenes is 1. The third kappa shape index (κ3) is 9.76. The van der Waals surface area contributed by atoms with Crippen LogP contribution >= 0.6 is 0 Å². The Labute approximate surface area is 300 Å². The van der Waals surface area contributed by atoms with Gasteiger partial charge in [-0.3, -0.25) is 19.3 Å². The lowest BCUT2D eigenvalue weighted by atomic mass is 10.1. The molecule has 1 unspecified atom stereocenters. The number of ketones is 1. The van der Waals surface area contributed by atoms with Gasteiger partial charge in [0.15, 0.2) is 5.82 Å². The summed E-state index contributed by atoms with van der Waals surface area (Å²) in [7, 11) is 1.43. The molecular weight excluding hydrogens is 676 g/mol. The summed E-state index contributed by atoms with van der Waals surface area (Å²) in [5.74, 6) is 0.873. The molecular formula is C35H42N8O9. The number of aliphatic hydroxyl groups excluding tert-OH is 1. The number of aliphatic hydroxyl groups is 1. The van der Waals surface area contributed by atoms with E-state index in [1.165, 1.54) is 35.4 Å². The van der Waals surface area contributed by atoms with E-state index in [4.69, 9.17) is 30.1 Å². The lowest BCUT2D eigenvalue weighted by Crippen LogP contribution is -2.51. The second-order valence-electron chi connectivity index (χ2n) is 11.4. The highest BCUT2D eigenvalue weighted by Gasteiger charge is 2.32. The van der Waals surface area contributed by atoms with Crippen LogP contribution < -0.4 is 10.1 Å². The zero-order valence-corrected chi connectivity index (χ0v) is 28.9. The summed E-state index contributed by atoms with van der Waals surface area (Å²) < 4.78 is 28.2. The van der Waals surface area contributed by atoms with E-state index in [-0.39, 0.29) is 55.8 Å². The largest absolute Gasteiger partial charge is 0.494 e. The van der Waals surface area contributed by atoms with E-state index < -0.39 is 23.8 Å². The highest BCUT2D eigenvalue weighted by atomic mass is 16.6. The number of H-pyrrole nitrogens is 1. The Hall–Kier alpha value is -5.22. The summed E-state index contributed by atoms with van der Waals surface area (Å²) in [6.07, 6.45) is 8.45. The number of nitrogens with one attached hydrogen (secondary N) is 2. The number of rotatable bonds is 20. The van der Waals surface area contributed by atoms with Gasteiger partial charge in [-0.2, -0.15) is 4.68 Å². The quantitative estimate of drug-likeness (QED) is 0.0498. The fourth-order valence-corrected chi connectivity index (χ4v) is 5.45. The molecule has 17 heteroatoms. The molecule has 17 nitrogen and oxygen atoms in total. The maximum atomic E-state index is 13.6. The van der Waals surface area contributed by atoms with Crippen molar-refractivity contribution in [1.29, 1.82) is 0 Å². The Bertz CT molecular complexity index is 1820. The van der Waals surface area contributed by atoms with Crippen molar-refractivity contribution in [3.63, 3.8) is 0 Å². The molecule has 3 N–H and O–H groups in total. The summed E-state index contributed by atoms with van der Waals surface area (Å²) in [5.41, 5.74) is 1.22. The number of benzene rings is 1. The highest BCUT2D eigenvalue weighted by Crippen LogP contribution is 2.32. The molecule has 2 amide bonds. The first-order chi connectivity index (χ1) is 25.4. The molecule has 1 aliphatic heterocycles. The molecule has 1 saturated heterocycles. The van der Waals surface area contributed by atoms with Gasteiger partial charge in [0.1, 0.15) is 24.9 Å². The first kappa shape index (κ1) is 38.0. The maximum absolute atomic E-state index is 13.6. The Morgan fingerprint density at radius 3 is 2.31 bits per heavy atom. The SMILES string of the molecule is C#CCOCCOCCOCCOCCNC(=O)c1ncn(-c2ncc(OC)c3c(C(=O)C(=O)N4CCN(C(O)c5ccccc5)CC4)c[nH]c23)n1. The number of hydrogen-bond donors (Lipinski definition) is 3. The Kier molecular flexibility index (Phi) is 14.2. The maximum Gasteiger partial charge on any atom is 0.295 e. The van der Waals surface area contributed by atoms with Crippen molar-refractivity contribution >= 4 is 28.5 Å². The molecule has 276 valence electrons. The number of aromatic nitrogens is 5. The van der Waals surface area contributed by atoms with Gasteiger partial charge in [-0.05, 0) is 5.56 Å². The van der Waals surface area contributed by atoms with Gasteiger partial charge >= 0.3 is 0 Å². The van der Waals surface area contributed by atoms with Gasteiger partial charge in [0, 0.05) is 38.9 Å². The number of carbonyl (C=O) groups is 3. The van der Waals surface area contributed by atoms with Crippen molar-refractivity contribution in [3.05, 3.63) is 66.0 Å². The van der Waals surface area contributed by atoms with Crippen molar-refractivity contribution < 1.29 is 43.2 Å². The number of ether oxygens (including phenoxy) is 5. The molecule has 3 aromatic heterocycles. The van der Waals surface area contributed by atoms with Crippen molar-refractivity contribution in [1.82, 2.24) is 39.8 Å². The minimum atomic E-state index is -0.805. The Morgan fingerprint density at radius 2 is 1.63 bits per heavy atom. The Morgan fingerprint density at radius 1 is 0.962 bits per heavy atom. The van der Waals surface area contributed by atoms with Gasteiger partial charge in [-0.1, -0.05) is 36.3 Å². The van der Waals surface area contributed by atoms with Crippen LogP contribution in [0.5, 0.6) is 5.75 Å². The number of Topliss-reactive ketones (excluding diaryl/α,β-unsaturated/α-hetero) is 1. The zero-order valence-electron chi connectivity index (χ0n) is 28.9. The third-order valence-corrected chi connectivity index (χ3v) is 8.10. The lowest BCUT2D eigenvalue weighted by molar-refractivity contribution is -0.130. The number of fused-ring (bicyclic) bond motifs is 1. The van der Waals surface area contributed by atoms with E-state index in [0.29, 0.717) is 63.6 Å². The number of pyridine rings is 1. The van der Waals surface area contributed by atoms with E-state index >= 15 is 0 Å². The first-order valence-electron chi connectivity index (χ1n) is 16.7. The number of piperazine rings is 1. The molecule has 1 fully saturated rings. The topological polar surface area (TPSA) is 195 Å². The van der Waals surface area contributed by atoms with Crippen molar-refractivity contribution in [2.24, 2.45) is 0 Å². The van der Waals surface area contributed by atoms with E-state index in [2.05, 4.69) is 31.3 Å². The molecule has 0 bridgehead atoms. The number of hydrogen-bond acceptors (Lipinski definition) is 13. The van der Waals surface area contributed by atoms with Gasteiger partial charge in [0.2, 0.25) is 5.82 Å². The van der Waals surface area contributed by atoms with Gasteiger partial charge in [-0.15, -0.1) is 11.5 Å². The average molecular weight is 719 g/mol. The predicted molar refractivity (Wildman–Crippen MR) is 186 cm³/mol. The van der Waals surface area contributed by atoms with Crippen LogP contribution in [0.2, 0.25) is 0 Å². The van der Waals surface area contributed by atoms with Crippen LogP contribution in [-0.2, 0) is 23.7 Å². The monoisotopic (exact) mass is 718 g/mol. The smallest absolute Gasteiger partial charge is 0.295 e. The van der Waals surface area contributed by atoms with Gasteiger partial charge in [0.25, 0.3) is 17.6 Å². The average Bonchev–Trinajstić information content (AvgIpc) is 3.86. The van der Waals surface area contributed by atoms with Crippen molar-refractivity contribution in [3.8, 4) is 23.9 Å². The number of methoxy groups -OCH3 is 1. The summed E-state index contributed by atoms with van der Waals surface area (Å²) in [4.78, 5) is 54.5. The van der Waals surface area contributed by atoms with Crippen LogP contribution in [0.1, 0.15) is 32.8 Å². The van der Waals surface area contributed by atoms with Crippen molar-refractivity contribution in [2.45, 2.75) is 6.23 Å². The normalized spacial score (nSPS) is 13.9. The third-order valence-electron chi connectivity index (χ3n) is 8.10. The molecule has 5 rings (SSSR count). The second-order valence-corrected chi connectivity index (χ2v) is 11.4. The molecule has 0 spiro atoms. The van der Waals surface area contributed by atoms with Gasteiger partial charge in [0.05, 0.1) is 76.0 Å². The predicted octanol–water partition coefficient (Wildman–Crippen LogP) is 0.600. The number of aromatic amines is 1. The van der Waals surface area contributed by atoms with Crippen LogP contribution in [0.4, 0.5) is 0 Å². The number of nitrogens with zero attached hydrogens (tertiary/aromatic N) is 6. The van der Waals surface area contributed by atoms with Crippen LogP contribution in [0.3, 0.4) is 0 Å². The molecule has 1 aliphatic rings. The molecule has 4 heterocycles. The van der Waals surface area contributed by atoms with Crippen LogP contribution in [0, 0.1) is 12.3 Å². The number of carbonyl (C=O) groups excluding carboxylic acids is 3. The van der Waals surface area contributed by atoms with Crippen LogP contribution in [0.25, 0.3) is 16.7 Å². The summed E-state index contributed by atoms with van der Waals surface area (Å²) in [6.45, 7) is 4.49. The fraction of sp³-hybridized carbons (Fsp3) is 0.429. The summed E-state index contributed by atoms with van der Waals surface area (Å²) in [5, 5.41) is 18.1. The lowest BCUT2D eigenvalue weighted by Gasteiger charge is -2.37. The zero-order chi connectivity index (χ0) is 36.7. The molecule has 0 saturated carbocycles. The molecule has 52 heavy (non-hydrogen) atoms. The first-order valence-corrected chi connectivity index (χ1v) is 16.7. The van der Waals surface area contributed by atoms with Gasteiger partial charge < -0.3 is 44.0 Å². The minimum Gasteiger partial charge on any atom is -0.494 e. The molecule has 0 radical (unpaired) electrons. The van der Waals surface area contributed by atoms with E-state index in [9.17, 15) is 19.5 Å². The van der Waals surface area contributed by atoms with Crippen LogP contribution in [-0.4, -0.2) is 150 Å². The molecule has 1 aromatic carbocycles.